The average molecular weight is 448 g/mol. The number of benzene rings is 1. The van der Waals surface area contributed by atoms with Gasteiger partial charge in [0.2, 0.25) is 11.8 Å². The first-order valence-corrected chi connectivity index (χ1v) is 11.3. The van der Waals surface area contributed by atoms with Crippen molar-refractivity contribution < 1.29 is 19.1 Å². The lowest BCUT2D eigenvalue weighted by Gasteiger charge is -2.34. The molecule has 2 N–H and O–H groups in total. The van der Waals surface area contributed by atoms with Gasteiger partial charge in [0.1, 0.15) is 18.2 Å². The number of aryl methyl sites for hydroxylation is 2. The average Bonchev–Trinajstić information content (AvgIpc) is 2.61. The summed E-state index contributed by atoms with van der Waals surface area (Å²) in [7, 11) is 0. The topological polar surface area (TPSA) is 87.7 Å². The third kappa shape index (κ3) is 9.28. The van der Waals surface area contributed by atoms with Crippen LogP contribution in [0.25, 0.3) is 0 Å². The Morgan fingerprint density at radius 3 is 2.19 bits per heavy atom. The van der Waals surface area contributed by atoms with E-state index in [4.69, 9.17) is 4.74 Å². The monoisotopic (exact) mass is 447 g/mol. The molecule has 0 heterocycles. The highest BCUT2D eigenvalue weighted by Crippen LogP contribution is 2.27. The molecule has 1 rings (SSSR count). The molecule has 0 aromatic heterocycles. The second-order valence-electron chi connectivity index (χ2n) is 10.3. The van der Waals surface area contributed by atoms with Gasteiger partial charge in [0.15, 0.2) is 0 Å². The minimum Gasteiger partial charge on any atom is -0.444 e. The summed E-state index contributed by atoms with van der Waals surface area (Å²) in [6.45, 7) is 17.1. The molecule has 0 aliphatic heterocycles. The Balaban J connectivity index is 3.28. The largest absolute Gasteiger partial charge is 0.444 e. The van der Waals surface area contributed by atoms with E-state index in [1.165, 1.54) is 0 Å². The molecule has 1 aromatic rings. The van der Waals surface area contributed by atoms with Crippen LogP contribution in [0.3, 0.4) is 0 Å². The van der Waals surface area contributed by atoms with Crippen LogP contribution in [0.1, 0.15) is 84.0 Å². The molecule has 32 heavy (non-hydrogen) atoms. The number of nitrogens with one attached hydrogen (secondary N) is 2. The van der Waals surface area contributed by atoms with Crippen LogP contribution in [0, 0.1) is 13.8 Å². The number of hydrogen-bond acceptors (Lipinski definition) is 4. The molecule has 7 nitrogen and oxygen atoms in total. The highest BCUT2D eigenvalue weighted by atomic mass is 16.6. The Morgan fingerprint density at radius 1 is 1.06 bits per heavy atom. The molecule has 3 amide bonds. The third-order valence-corrected chi connectivity index (χ3v) is 4.63. The van der Waals surface area contributed by atoms with Crippen LogP contribution >= 0.6 is 0 Å². The van der Waals surface area contributed by atoms with Crippen molar-refractivity contribution in [2.45, 2.75) is 92.3 Å². The molecular formula is C25H41N3O4. The summed E-state index contributed by atoms with van der Waals surface area (Å²) in [6, 6.07) is 5.06. The van der Waals surface area contributed by atoms with Gasteiger partial charge in [0, 0.05) is 12.1 Å². The fourth-order valence-electron chi connectivity index (χ4n) is 3.31. The number of ether oxygens (including phenoxy) is 1. The fourth-order valence-corrected chi connectivity index (χ4v) is 3.31. The first-order valence-electron chi connectivity index (χ1n) is 11.3. The summed E-state index contributed by atoms with van der Waals surface area (Å²) in [5, 5.41) is 5.55. The molecule has 0 fully saturated rings. The van der Waals surface area contributed by atoms with Crippen molar-refractivity contribution >= 4 is 17.9 Å². The Hall–Kier alpha value is -2.57. The Kier molecular flexibility index (Phi) is 9.73. The number of carbonyl (C=O) groups excluding carboxylic acids is 3. The minimum atomic E-state index is -0.797. The molecule has 0 spiro atoms. The van der Waals surface area contributed by atoms with Gasteiger partial charge >= 0.3 is 6.09 Å². The fraction of sp³-hybridized carbons (Fsp3) is 0.640. The van der Waals surface area contributed by atoms with Crippen molar-refractivity contribution in [3.63, 3.8) is 0 Å². The number of carbonyl (C=O) groups is 3. The number of alkyl carbamates (subject to hydrolysis) is 1. The van der Waals surface area contributed by atoms with Crippen LogP contribution in [0.5, 0.6) is 0 Å². The van der Waals surface area contributed by atoms with Crippen LogP contribution in [0.15, 0.2) is 18.2 Å². The van der Waals surface area contributed by atoms with E-state index < -0.39 is 23.3 Å². The predicted octanol–water partition coefficient (Wildman–Crippen LogP) is 4.41. The van der Waals surface area contributed by atoms with Gasteiger partial charge < -0.3 is 20.3 Å². The van der Waals surface area contributed by atoms with E-state index in [1.54, 1.807) is 25.7 Å². The van der Waals surface area contributed by atoms with Gasteiger partial charge in [-0.15, -0.1) is 0 Å². The molecule has 0 aliphatic rings. The van der Waals surface area contributed by atoms with Gasteiger partial charge in [-0.3, -0.25) is 9.59 Å². The molecule has 0 saturated carbocycles. The van der Waals surface area contributed by atoms with E-state index >= 15 is 0 Å². The first kappa shape index (κ1) is 27.5. The summed E-state index contributed by atoms with van der Waals surface area (Å²) in [6.07, 6.45) is 0.940. The number of unbranched alkanes of at least 4 members (excludes halogenated alkanes) is 1. The lowest BCUT2D eigenvalue weighted by molar-refractivity contribution is -0.141. The first-order chi connectivity index (χ1) is 14.6. The molecule has 7 heteroatoms. The maximum Gasteiger partial charge on any atom is 0.408 e. The zero-order valence-corrected chi connectivity index (χ0v) is 21.2. The van der Waals surface area contributed by atoms with Crippen molar-refractivity contribution in [3.8, 4) is 0 Å². The normalized spacial score (nSPS) is 12.7. The van der Waals surface area contributed by atoms with Gasteiger partial charge in [0.05, 0.1) is 0 Å². The smallest absolute Gasteiger partial charge is 0.408 e. The lowest BCUT2D eigenvalue weighted by Crippen LogP contribution is -2.51. The van der Waals surface area contributed by atoms with Gasteiger partial charge in [-0.05, 0) is 72.9 Å². The van der Waals surface area contributed by atoms with Crippen molar-refractivity contribution in [3.05, 3.63) is 34.9 Å². The molecule has 0 bridgehead atoms. The second kappa shape index (κ2) is 11.3. The van der Waals surface area contributed by atoms with E-state index in [9.17, 15) is 14.4 Å². The van der Waals surface area contributed by atoms with Crippen LogP contribution in [0.4, 0.5) is 4.79 Å². The number of amides is 3. The highest BCUT2D eigenvalue weighted by molar-refractivity contribution is 5.91. The highest BCUT2D eigenvalue weighted by Gasteiger charge is 2.34. The van der Waals surface area contributed by atoms with Gasteiger partial charge in [-0.25, -0.2) is 4.79 Å². The van der Waals surface area contributed by atoms with Crippen LogP contribution in [-0.2, 0) is 14.3 Å². The van der Waals surface area contributed by atoms with E-state index in [0.717, 1.165) is 29.5 Å². The van der Waals surface area contributed by atoms with Crippen molar-refractivity contribution in [1.82, 2.24) is 15.5 Å². The van der Waals surface area contributed by atoms with Crippen LogP contribution in [-0.4, -0.2) is 47.0 Å². The molecule has 1 atom stereocenters. The quantitative estimate of drug-likeness (QED) is 0.618. The Morgan fingerprint density at radius 2 is 1.69 bits per heavy atom. The molecule has 1 unspecified atom stereocenters. The summed E-state index contributed by atoms with van der Waals surface area (Å²) in [5.41, 5.74) is 1.68. The SMILES string of the molecule is CCCCN(C(=O)CNC(=O)OC(C)(C)C)C(C(=O)NC(C)(C)C)c1ccc(C)cc1C. The lowest BCUT2D eigenvalue weighted by atomic mass is 9.95. The second-order valence-corrected chi connectivity index (χ2v) is 10.3. The summed E-state index contributed by atoms with van der Waals surface area (Å²) in [4.78, 5) is 40.3. The molecule has 0 aliphatic carbocycles. The predicted molar refractivity (Wildman–Crippen MR) is 127 cm³/mol. The van der Waals surface area contributed by atoms with E-state index in [2.05, 4.69) is 10.6 Å². The number of rotatable bonds is 8. The molecule has 0 saturated heterocycles. The molecular weight excluding hydrogens is 406 g/mol. The summed E-state index contributed by atoms with van der Waals surface area (Å²) in [5.74, 6) is -0.579. The summed E-state index contributed by atoms with van der Waals surface area (Å²) < 4.78 is 5.24. The summed E-state index contributed by atoms with van der Waals surface area (Å²) >= 11 is 0. The van der Waals surface area contributed by atoms with E-state index in [1.807, 2.05) is 59.7 Å². The third-order valence-electron chi connectivity index (χ3n) is 4.63. The van der Waals surface area contributed by atoms with Crippen LogP contribution < -0.4 is 10.6 Å². The number of hydrogen-bond donors (Lipinski definition) is 2. The van der Waals surface area contributed by atoms with Gasteiger partial charge in [-0.2, -0.15) is 0 Å². The maximum absolute atomic E-state index is 13.4. The van der Waals surface area contributed by atoms with Gasteiger partial charge in [0.25, 0.3) is 0 Å². The molecule has 180 valence electrons. The van der Waals surface area contributed by atoms with E-state index in [-0.39, 0.29) is 18.4 Å². The van der Waals surface area contributed by atoms with Gasteiger partial charge in [-0.1, -0.05) is 37.1 Å². The zero-order chi connectivity index (χ0) is 24.7. The molecule has 0 radical (unpaired) electrons. The maximum atomic E-state index is 13.4. The van der Waals surface area contributed by atoms with Crippen molar-refractivity contribution in [2.24, 2.45) is 0 Å². The van der Waals surface area contributed by atoms with E-state index in [0.29, 0.717) is 6.54 Å². The standard InChI is InChI=1S/C25H41N3O4/c1-10-11-14-28(20(29)16-26-23(31)32-25(7,8)9)21(22(30)27-24(4,5)6)19-13-12-17(2)15-18(19)3/h12-13,15,21H,10-11,14,16H2,1-9H3,(H,26,31)(H,27,30). The number of nitrogens with zero attached hydrogens (tertiary/aromatic N) is 1. The van der Waals surface area contributed by atoms with Crippen molar-refractivity contribution in [2.75, 3.05) is 13.1 Å². The van der Waals surface area contributed by atoms with Crippen molar-refractivity contribution in [1.29, 1.82) is 0 Å². The Bertz CT molecular complexity index is 806. The minimum absolute atomic E-state index is 0.244. The Labute approximate surface area is 193 Å². The molecule has 1 aromatic carbocycles. The zero-order valence-electron chi connectivity index (χ0n) is 21.2. The van der Waals surface area contributed by atoms with Crippen LogP contribution in [0.2, 0.25) is 0 Å².